The van der Waals surface area contributed by atoms with Gasteiger partial charge in [-0.1, -0.05) is 0 Å². The van der Waals surface area contributed by atoms with Crippen molar-refractivity contribution in [3.05, 3.63) is 48.5 Å². The van der Waals surface area contributed by atoms with Crippen LogP contribution in [0, 0.1) is 5.92 Å². The minimum Gasteiger partial charge on any atom is -0.491 e. The van der Waals surface area contributed by atoms with Crippen LogP contribution in [-0.2, 0) is 14.8 Å². The fraction of sp³-hybridized carbons (Fsp3) is 0.409. The molecule has 6 nitrogen and oxygen atoms in total. The van der Waals surface area contributed by atoms with E-state index in [9.17, 15) is 13.2 Å². The third-order valence-electron chi connectivity index (χ3n) is 5.02. The number of nitrogens with zero attached hydrogens (tertiary/aromatic N) is 1. The Balaban J connectivity index is 1.56. The molecule has 0 saturated carbocycles. The summed E-state index contributed by atoms with van der Waals surface area (Å²) >= 11 is 1.57. The molecule has 1 fully saturated rings. The van der Waals surface area contributed by atoms with E-state index >= 15 is 0 Å². The molecule has 1 N–H and O–H groups in total. The van der Waals surface area contributed by atoms with E-state index in [0.717, 1.165) is 10.6 Å². The van der Waals surface area contributed by atoms with Gasteiger partial charge in [-0.3, -0.25) is 4.79 Å². The van der Waals surface area contributed by atoms with Gasteiger partial charge < -0.3 is 10.1 Å². The quantitative estimate of drug-likeness (QED) is 0.642. The number of thioether (sulfide) groups is 1. The maximum atomic E-state index is 12.9. The topological polar surface area (TPSA) is 75.7 Å². The predicted molar refractivity (Wildman–Crippen MR) is 121 cm³/mol. The number of benzene rings is 2. The van der Waals surface area contributed by atoms with Gasteiger partial charge in [0, 0.05) is 29.6 Å². The van der Waals surface area contributed by atoms with Crippen molar-refractivity contribution in [1.29, 1.82) is 0 Å². The molecule has 0 spiro atoms. The standard InChI is InChI=1S/C22H28N2O4S2/c1-16(2)28-19-6-4-18(5-7-19)23-22(25)17-12-14-24(15-13-17)30(26,27)21-10-8-20(29-3)9-11-21/h4-11,16-17H,12-15H2,1-3H3,(H,23,25). The smallest absolute Gasteiger partial charge is 0.243 e. The van der Waals surface area contributed by atoms with Gasteiger partial charge in [0.2, 0.25) is 15.9 Å². The number of hydrogen-bond acceptors (Lipinski definition) is 5. The van der Waals surface area contributed by atoms with Gasteiger partial charge in [0.1, 0.15) is 5.75 Å². The molecule has 3 rings (SSSR count). The Bertz CT molecular complexity index is 950. The SMILES string of the molecule is CSc1ccc(S(=O)(=O)N2CCC(C(=O)Nc3ccc(OC(C)C)cc3)CC2)cc1. The number of sulfonamides is 1. The Morgan fingerprint density at radius 1 is 1.07 bits per heavy atom. The third-order valence-corrected chi connectivity index (χ3v) is 7.67. The molecular formula is C22H28N2O4S2. The van der Waals surface area contributed by atoms with Gasteiger partial charge in [-0.25, -0.2) is 8.42 Å². The molecule has 0 aliphatic carbocycles. The summed E-state index contributed by atoms with van der Waals surface area (Å²) in [6.07, 6.45) is 3.05. The van der Waals surface area contributed by atoms with Crippen molar-refractivity contribution in [1.82, 2.24) is 4.31 Å². The first kappa shape index (κ1) is 22.7. The highest BCUT2D eigenvalue weighted by Gasteiger charge is 2.32. The monoisotopic (exact) mass is 448 g/mol. The van der Waals surface area contributed by atoms with E-state index in [1.54, 1.807) is 23.9 Å². The van der Waals surface area contributed by atoms with Gasteiger partial charge in [-0.05, 0) is 81.5 Å². The van der Waals surface area contributed by atoms with Crippen molar-refractivity contribution in [2.45, 2.75) is 42.6 Å². The molecule has 0 bridgehead atoms. The lowest BCUT2D eigenvalue weighted by Crippen LogP contribution is -2.41. The maximum absolute atomic E-state index is 12.9. The normalized spacial score (nSPS) is 15.9. The van der Waals surface area contributed by atoms with Crippen LogP contribution in [0.2, 0.25) is 0 Å². The van der Waals surface area contributed by atoms with Crippen LogP contribution in [-0.4, -0.2) is 44.1 Å². The number of carbonyl (C=O) groups excluding carboxylic acids is 1. The van der Waals surface area contributed by atoms with Gasteiger partial charge in [0.15, 0.2) is 0 Å². The summed E-state index contributed by atoms with van der Waals surface area (Å²) in [6.45, 7) is 4.60. The first-order chi connectivity index (χ1) is 14.3. The second kappa shape index (κ2) is 9.85. The molecule has 2 aromatic rings. The summed E-state index contributed by atoms with van der Waals surface area (Å²) in [5, 5.41) is 2.93. The number of ether oxygens (including phenoxy) is 1. The van der Waals surface area contributed by atoms with Gasteiger partial charge in [0.05, 0.1) is 11.0 Å². The van der Waals surface area contributed by atoms with E-state index in [0.29, 0.717) is 36.5 Å². The molecule has 0 atom stereocenters. The Kier molecular flexibility index (Phi) is 7.44. The van der Waals surface area contributed by atoms with Crippen molar-refractivity contribution in [3.63, 3.8) is 0 Å². The van der Waals surface area contributed by atoms with Crippen molar-refractivity contribution in [2.24, 2.45) is 5.92 Å². The van der Waals surface area contributed by atoms with Crippen molar-refractivity contribution in [2.75, 3.05) is 24.7 Å². The summed E-state index contributed by atoms with van der Waals surface area (Å²) in [6, 6.07) is 14.2. The lowest BCUT2D eigenvalue weighted by atomic mass is 9.97. The van der Waals surface area contributed by atoms with Gasteiger partial charge in [-0.15, -0.1) is 11.8 Å². The Morgan fingerprint density at radius 2 is 1.67 bits per heavy atom. The average molecular weight is 449 g/mol. The minimum atomic E-state index is -3.53. The Labute approximate surface area is 183 Å². The first-order valence-electron chi connectivity index (χ1n) is 10.0. The van der Waals surface area contributed by atoms with Crippen LogP contribution in [0.3, 0.4) is 0 Å². The van der Waals surface area contributed by atoms with E-state index < -0.39 is 10.0 Å². The zero-order valence-corrected chi connectivity index (χ0v) is 19.1. The summed E-state index contributed by atoms with van der Waals surface area (Å²) in [7, 11) is -3.53. The van der Waals surface area contributed by atoms with Crippen molar-refractivity contribution in [3.8, 4) is 5.75 Å². The molecule has 1 saturated heterocycles. The van der Waals surface area contributed by atoms with Crippen LogP contribution >= 0.6 is 11.8 Å². The Hall–Kier alpha value is -2.03. The molecule has 0 unspecified atom stereocenters. The predicted octanol–water partition coefficient (Wildman–Crippen LogP) is 4.24. The summed E-state index contributed by atoms with van der Waals surface area (Å²) in [4.78, 5) is 13.9. The van der Waals surface area contributed by atoms with Gasteiger partial charge >= 0.3 is 0 Å². The minimum absolute atomic E-state index is 0.0751. The summed E-state index contributed by atoms with van der Waals surface area (Å²) in [5.74, 6) is 0.475. The molecule has 1 aliphatic rings. The fourth-order valence-corrected chi connectivity index (χ4v) is 5.27. The molecule has 0 aromatic heterocycles. The highest BCUT2D eigenvalue weighted by molar-refractivity contribution is 7.98. The zero-order chi connectivity index (χ0) is 21.7. The third kappa shape index (κ3) is 5.56. The van der Waals surface area contributed by atoms with Crippen LogP contribution in [0.5, 0.6) is 5.75 Å². The van der Waals surface area contributed by atoms with Crippen molar-refractivity contribution < 1.29 is 17.9 Å². The van der Waals surface area contributed by atoms with E-state index in [2.05, 4.69) is 5.32 Å². The molecule has 1 aliphatic heterocycles. The second-order valence-corrected chi connectivity index (χ2v) is 10.4. The van der Waals surface area contributed by atoms with Gasteiger partial charge in [-0.2, -0.15) is 4.31 Å². The van der Waals surface area contributed by atoms with Crippen LogP contribution in [0.25, 0.3) is 0 Å². The lowest BCUT2D eigenvalue weighted by Gasteiger charge is -2.30. The molecule has 162 valence electrons. The molecule has 1 amide bonds. The second-order valence-electron chi connectivity index (χ2n) is 7.53. The van der Waals surface area contributed by atoms with Crippen molar-refractivity contribution >= 4 is 33.4 Å². The van der Waals surface area contributed by atoms with E-state index in [1.807, 2.05) is 56.5 Å². The first-order valence-corrected chi connectivity index (χ1v) is 12.7. The summed E-state index contributed by atoms with van der Waals surface area (Å²) < 4.78 is 32.8. The fourth-order valence-electron chi connectivity index (χ4n) is 3.39. The number of piperidine rings is 1. The molecular weight excluding hydrogens is 420 g/mol. The number of carbonyl (C=O) groups is 1. The molecule has 1 heterocycles. The van der Waals surface area contributed by atoms with Gasteiger partial charge in [0.25, 0.3) is 0 Å². The zero-order valence-electron chi connectivity index (χ0n) is 17.5. The van der Waals surface area contributed by atoms with Crippen LogP contribution in [0.4, 0.5) is 5.69 Å². The molecule has 2 aromatic carbocycles. The number of amides is 1. The highest BCUT2D eigenvalue weighted by Crippen LogP contribution is 2.26. The van der Waals surface area contributed by atoms with E-state index in [-0.39, 0.29) is 17.9 Å². The van der Waals surface area contributed by atoms with E-state index in [4.69, 9.17) is 4.74 Å². The largest absolute Gasteiger partial charge is 0.491 e. The molecule has 8 heteroatoms. The maximum Gasteiger partial charge on any atom is 0.243 e. The number of nitrogens with one attached hydrogen (secondary N) is 1. The van der Waals surface area contributed by atoms with E-state index in [1.165, 1.54) is 4.31 Å². The van der Waals surface area contributed by atoms with Crippen LogP contribution in [0.15, 0.2) is 58.3 Å². The highest BCUT2D eigenvalue weighted by atomic mass is 32.2. The Morgan fingerprint density at radius 3 is 2.20 bits per heavy atom. The molecule has 30 heavy (non-hydrogen) atoms. The molecule has 0 radical (unpaired) electrons. The summed E-state index contributed by atoms with van der Waals surface area (Å²) in [5.41, 5.74) is 0.708. The number of anilines is 1. The van der Waals surface area contributed by atoms with Crippen LogP contribution in [0.1, 0.15) is 26.7 Å². The lowest BCUT2D eigenvalue weighted by molar-refractivity contribution is -0.120. The number of rotatable bonds is 7. The van der Waals surface area contributed by atoms with Crippen LogP contribution < -0.4 is 10.1 Å². The number of hydrogen-bond donors (Lipinski definition) is 1. The average Bonchev–Trinajstić information content (AvgIpc) is 2.75.